The Morgan fingerprint density at radius 2 is 1.96 bits per heavy atom. The van der Waals surface area contributed by atoms with Crippen LogP contribution in [-0.2, 0) is 11.3 Å². The van der Waals surface area contributed by atoms with Crippen LogP contribution in [0.3, 0.4) is 0 Å². The van der Waals surface area contributed by atoms with Crippen molar-refractivity contribution in [1.29, 1.82) is 0 Å². The first-order valence-electron chi connectivity index (χ1n) is 8.28. The maximum atomic E-state index is 12.2. The molecule has 8 nitrogen and oxygen atoms in total. The number of hydrogen-bond donors (Lipinski definition) is 2. The predicted molar refractivity (Wildman–Crippen MR) is 91.1 cm³/mol. The highest BCUT2D eigenvalue weighted by atomic mass is 16.5. The summed E-state index contributed by atoms with van der Waals surface area (Å²) in [5, 5.41) is 11.7. The van der Waals surface area contributed by atoms with Crippen molar-refractivity contribution in [1.82, 2.24) is 15.3 Å². The van der Waals surface area contributed by atoms with E-state index in [0.29, 0.717) is 19.1 Å². The number of rotatable bonds is 6. The summed E-state index contributed by atoms with van der Waals surface area (Å²) >= 11 is 0. The molecule has 1 fully saturated rings. The molecule has 1 saturated heterocycles. The molecule has 0 aromatic carbocycles. The Bertz CT molecular complexity index is 790. The molecule has 0 unspecified atom stereocenters. The summed E-state index contributed by atoms with van der Waals surface area (Å²) in [6, 6.07) is 6.27. The third-order valence-corrected chi connectivity index (χ3v) is 3.95. The number of pyridine rings is 2. The maximum Gasteiger partial charge on any atom is 0.354 e. The van der Waals surface area contributed by atoms with E-state index < -0.39 is 5.97 Å². The molecular weight excluding hydrogens is 338 g/mol. The smallest absolute Gasteiger partial charge is 0.354 e. The van der Waals surface area contributed by atoms with Crippen molar-refractivity contribution < 1.29 is 24.2 Å². The van der Waals surface area contributed by atoms with Gasteiger partial charge in [-0.3, -0.25) is 4.79 Å². The van der Waals surface area contributed by atoms with Crippen LogP contribution in [-0.4, -0.2) is 46.3 Å². The monoisotopic (exact) mass is 357 g/mol. The summed E-state index contributed by atoms with van der Waals surface area (Å²) in [6.07, 6.45) is 4.68. The van der Waals surface area contributed by atoms with Crippen LogP contribution in [0.25, 0.3) is 0 Å². The Hall–Kier alpha value is -3.00. The fourth-order valence-corrected chi connectivity index (χ4v) is 2.56. The normalized spacial score (nSPS) is 14.6. The number of carbonyl (C=O) groups is 2. The number of nitrogens with zero attached hydrogens (tertiary/aromatic N) is 2. The molecule has 1 aliphatic heterocycles. The minimum absolute atomic E-state index is 0.0901. The molecule has 1 aliphatic rings. The quantitative estimate of drug-likeness (QED) is 0.809. The average Bonchev–Trinajstić information content (AvgIpc) is 2.67. The zero-order chi connectivity index (χ0) is 18.4. The molecule has 0 spiro atoms. The topological polar surface area (TPSA) is 111 Å². The molecule has 26 heavy (non-hydrogen) atoms. The van der Waals surface area contributed by atoms with Crippen molar-refractivity contribution in [3.63, 3.8) is 0 Å². The standard InChI is InChI=1S/C18H19N3O5/c22-17(13-2-6-19-15(10-13)18(23)24)21-11-12-1-5-20-16(9-12)26-14-3-7-25-8-4-14/h1-2,5-6,9-10,14H,3-4,7-8,11H2,(H,21,22)(H,23,24). The van der Waals surface area contributed by atoms with Crippen LogP contribution in [0.5, 0.6) is 5.88 Å². The molecule has 3 heterocycles. The van der Waals surface area contributed by atoms with Crippen LogP contribution in [0.2, 0.25) is 0 Å². The predicted octanol–water partition coefficient (Wildman–Crippen LogP) is 1.66. The Labute approximate surface area is 150 Å². The second-order valence-corrected chi connectivity index (χ2v) is 5.85. The zero-order valence-corrected chi connectivity index (χ0v) is 14.1. The lowest BCUT2D eigenvalue weighted by molar-refractivity contribution is 0.0237. The number of carbonyl (C=O) groups excluding carboxylic acids is 1. The molecule has 2 aromatic heterocycles. The number of hydrogen-bond acceptors (Lipinski definition) is 6. The number of carboxylic acids is 1. The maximum absolute atomic E-state index is 12.2. The van der Waals surface area contributed by atoms with Gasteiger partial charge in [0.1, 0.15) is 11.8 Å². The number of aromatic nitrogens is 2. The Morgan fingerprint density at radius 3 is 2.73 bits per heavy atom. The lowest BCUT2D eigenvalue weighted by Crippen LogP contribution is -2.26. The Balaban J connectivity index is 1.58. The molecule has 2 aromatic rings. The number of nitrogens with one attached hydrogen (secondary N) is 1. The fourth-order valence-electron chi connectivity index (χ4n) is 2.56. The van der Waals surface area contributed by atoms with Gasteiger partial charge in [-0.25, -0.2) is 14.8 Å². The van der Waals surface area contributed by atoms with Crippen molar-refractivity contribution in [3.8, 4) is 5.88 Å². The second-order valence-electron chi connectivity index (χ2n) is 5.85. The summed E-state index contributed by atoms with van der Waals surface area (Å²) in [7, 11) is 0. The van der Waals surface area contributed by atoms with Crippen molar-refractivity contribution in [2.45, 2.75) is 25.5 Å². The molecule has 0 saturated carbocycles. The number of carboxylic acid groups (broad SMARTS) is 1. The van der Waals surface area contributed by atoms with Gasteiger partial charge in [-0.05, 0) is 23.8 Å². The van der Waals surface area contributed by atoms with Gasteiger partial charge in [0.05, 0.1) is 13.2 Å². The highest BCUT2D eigenvalue weighted by molar-refractivity contribution is 5.96. The second kappa shape index (κ2) is 8.39. The van der Waals surface area contributed by atoms with Crippen molar-refractivity contribution in [2.75, 3.05) is 13.2 Å². The first-order chi connectivity index (χ1) is 12.6. The van der Waals surface area contributed by atoms with Crippen LogP contribution < -0.4 is 10.1 Å². The van der Waals surface area contributed by atoms with Crippen LogP contribution in [0.1, 0.15) is 39.3 Å². The zero-order valence-electron chi connectivity index (χ0n) is 14.1. The lowest BCUT2D eigenvalue weighted by Gasteiger charge is -2.22. The van der Waals surface area contributed by atoms with E-state index in [-0.39, 0.29) is 29.8 Å². The van der Waals surface area contributed by atoms with Gasteiger partial charge in [0.2, 0.25) is 5.88 Å². The van der Waals surface area contributed by atoms with Gasteiger partial charge in [-0.1, -0.05) is 0 Å². The summed E-state index contributed by atoms with van der Waals surface area (Å²) in [5.41, 5.74) is 0.904. The van der Waals surface area contributed by atoms with E-state index in [0.717, 1.165) is 18.4 Å². The van der Waals surface area contributed by atoms with Crippen LogP contribution in [0, 0.1) is 0 Å². The SMILES string of the molecule is O=C(NCc1ccnc(OC2CCOCC2)c1)c1ccnc(C(=O)O)c1. The summed E-state index contributed by atoms with van der Waals surface area (Å²) < 4.78 is 11.2. The summed E-state index contributed by atoms with van der Waals surface area (Å²) in [6.45, 7) is 1.64. The van der Waals surface area contributed by atoms with Gasteiger partial charge < -0.3 is 19.9 Å². The van der Waals surface area contributed by atoms with Gasteiger partial charge in [-0.2, -0.15) is 0 Å². The van der Waals surface area contributed by atoms with Gasteiger partial charge in [0, 0.05) is 43.4 Å². The molecule has 0 atom stereocenters. The van der Waals surface area contributed by atoms with Gasteiger partial charge in [0.15, 0.2) is 0 Å². The van der Waals surface area contributed by atoms with Crippen LogP contribution in [0.15, 0.2) is 36.7 Å². The van der Waals surface area contributed by atoms with E-state index in [9.17, 15) is 9.59 Å². The molecule has 0 aliphatic carbocycles. The fraction of sp³-hybridized carbons (Fsp3) is 0.333. The molecule has 2 N–H and O–H groups in total. The number of ether oxygens (including phenoxy) is 2. The highest BCUT2D eigenvalue weighted by Crippen LogP contribution is 2.16. The Kier molecular flexibility index (Phi) is 5.75. The van der Waals surface area contributed by atoms with Crippen molar-refractivity contribution in [2.24, 2.45) is 0 Å². The van der Waals surface area contributed by atoms with Gasteiger partial charge >= 0.3 is 5.97 Å². The minimum Gasteiger partial charge on any atom is -0.477 e. The van der Waals surface area contributed by atoms with Crippen molar-refractivity contribution >= 4 is 11.9 Å². The number of aromatic carboxylic acids is 1. The van der Waals surface area contributed by atoms with Crippen LogP contribution in [0.4, 0.5) is 0 Å². The molecule has 0 radical (unpaired) electrons. The van der Waals surface area contributed by atoms with Gasteiger partial charge in [-0.15, -0.1) is 0 Å². The number of amides is 1. The molecule has 8 heteroatoms. The minimum atomic E-state index is -1.18. The third-order valence-electron chi connectivity index (χ3n) is 3.95. The lowest BCUT2D eigenvalue weighted by atomic mass is 10.1. The summed E-state index contributed by atoms with van der Waals surface area (Å²) in [4.78, 5) is 31.0. The summed E-state index contributed by atoms with van der Waals surface area (Å²) in [5.74, 6) is -1.04. The average molecular weight is 357 g/mol. The third kappa shape index (κ3) is 4.76. The van der Waals surface area contributed by atoms with Crippen molar-refractivity contribution in [3.05, 3.63) is 53.5 Å². The van der Waals surface area contributed by atoms with Crippen LogP contribution >= 0.6 is 0 Å². The van der Waals surface area contributed by atoms with E-state index >= 15 is 0 Å². The van der Waals surface area contributed by atoms with E-state index in [1.54, 1.807) is 18.3 Å². The van der Waals surface area contributed by atoms with E-state index in [1.807, 2.05) is 0 Å². The highest BCUT2D eigenvalue weighted by Gasteiger charge is 2.16. The molecular formula is C18H19N3O5. The van der Waals surface area contributed by atoms with E-state index in [2.05, 4.69) is 15.3 Å². The van der Waals surface area contributed by atoms with E-state index in [1.165, 1.54) is 18.3 Å². The molecule has 0 bridgehead atoms. The van der Waals surface area contributed by atoms with E-state index in [4.69, 9.17) is 14.6 Å². The molecule has 136 valence electrons. The first-order valence-corrected chi connectivity index (χ1v) is 8.28. The molecule has 1 amide bonds. The molecule has 3 rings (SSSR count). The Morgan fingerprint density at radius 1 is 1.19 bits per heavy atom. The first kappa shape index (κ1) is 17.8. The van der Waals surface area contributed by atoms with Gasteiger partial charge in [0.25, 0.3) is 5.91 Å². The largest absolute Gasteiger partial charge is 0.477 e.